The normalized spacial score (nSPS) is 25.7. The van der Waals surface area contributed by atoms with Crippen LogP contribution in [0.3, 0.4) is 0 Å². The molecule has 8 heteroatoms. The van der Waals surface area contributed by atoms with Crippen LogP contribution in [0.5, 0.6) is 5.88 Å². The van der Waals surface area contributed by atoms with Gasteiger partial charge in [-0.25, -0.2) is 9.37 Å². The minimum Gasteiger partial charge on any atom is -0.469 e. The van der Waals surface area contributed by atoms with E-state index in [2.05, 4.69) is 10.1 Å². The lowest BCUT2D eigenvalue weighted by atomic mass is 10.1. The average Bonchev–Trinajstić information content (AvgIpc) is 3.23. The molecule has 0 spiro atoms. The van der Waals surface area contributed by atoms with Crippen molar-refractivity contribution in [2.45, 2.75) is 38.0 Å². The molecule has 25 heavy (non-hydrogen) atoms. The maximum Gasteiger partial charge on any atom is 0.276 e. The molecule has 0 N–H and O–H groups in total. The Labute approximate surface area is 143 Å². The van der Waals surface area contributed by atoms with E-state index in [0.29, 0.717) is 37.4 Å². The van der Waals surface area contributed by atoms with Gasteiger partial charge in [0, 0.05) is 18.8 Å². The number of nitrogens with zero attached hydrogens (tertiary/aromatic N) is 3. The number of fused-ring (bicyclic) bond motifs is 1. The molecule has 0 bridgehead atoms. The summed E-state index contributed by atoms with van der Waals surface area (Å²) in [7, 11) is 0. The number of hydrogen-bond acceptors (Lipinski definition) is 6. The maximum absolute atomic E-state index is 13.8. The number of aryl methyl sites for hydroxylation is 1. The Morgan fingerprint density at radius 1 is 1.44 bits per heavy atom. The second-order valence-electron chi connectivity index (χ2n) is 6.25. The largest absolute Gasteiger partial charge is 0.469 e. The van der Waals surface area contributed by atoms with Crippen molar-refractivity contribution in [1.82, 2.24) is 15.0 Å². The molecule has 4 rings (SSSR count). The molecule has 3 heterocycles. The van der Waals surface area contributed by atoms with E-state index >= 15 is 0 Å². The van der Waals surface area contributed by atoms with E-state index in [1.165, 1.54) is 18.3 Å². The Hall–Kier alpha value is -2.48. The summed E-state index contributed by atoms with van der Waals surface area (Å²) < 4.78 is 30.3. The van der Waals surface area contributed by atoms with Crippen LogP contribution in [0.4, 0.5) is 4.39 Å². The number of halogens is 1. The van der Waals surface area contributed by atoms with Crippen LogP contribution in [0.15, 0.2) is 28.9 Å². The summed E-state index contributed by atoms with van der Waals surface area (Å²) in [6.45, 7) is 2.62. The summed E-state index contributed by atoms with van der Waals surface area (Å²) in [6.07, 6.45) is 2.20. The van der Waals surface area contributed by atoms with Crippen LogP contribution >= 0.6 is 0 Å². The van der Waals surface area contributed by atoms with Gasteiger partial charge in [0.05, 0.1) is 12.6 Å². The van der Waals surface area contributed by atoms with Gasteiger partial charge in [-0.05, 0) is 31.9 Å². The predicted octanol–water partition coefficient (Wildman–Crippen LogP) is 1.97. The standard InChI is InChI=1S/C17H18FN3O4/c1-10-9-12(20-25-10)17(22)21-7-8-23-15-13(21)4-5-14(15)24-16-11(18)3-2-6-19-16/h2-3,6,9,13-15H,4-5,7-8H2,1H3/t13-,14+,15+/m0/s1. The van der Waals surface area contributed by atoms with E-state index in [1.54, 1.807) is 17.9 Å². The third-order valence-electron chi connectivity index (χ3n) is 4.63. The fourth-order valence-electron chi connectivity index (χ4n) is 3.51. The monoisotopic (exact) mass is 347 g/mol. The first-order valence-electron chi connectivity index (χ1n) is 8.26. The second-order valence-corrected chi connectivity index (χ2v) is 6.25. The highest BCUT2D eigenvalue weighted by Gasteiger charge is 2.46. The lowest BCUT2D eigenvalue weighted by molar-refractivity contribution is -0.0800. The van der Waals surface area contributed by atoms with E-state index < -0.39 is 5.82 Å². The van der Waals surface area contributed by atoms with Crippen molar-refractivity contribution in [3.63, 3.8) is 0 Å². The first-order chi connectivity index (χ1) is 12.1. The number of morpholine rings is 1. The summed E-state index contributed by atoms with van der Waals surface area (Å²) in [6, 6.07) is 4.31. The van der Waals surface area contributed by atoms with Crippen LogP contribution in [0.1, 0.15) is 29.1 Å². The average molecular weight is 347 g/mol. The molecule has 2 aromatic rings. The number of ether oxygens (including phenoxy) is 2. The maximum atomic E-state index is 13.8. The fourth-order valence-corrected chi connectivity index (χ4v) is 3.51. The topological polar surface area (TPSA) is 77.7 Å². The van der Waals surface area contributed by atoms with Crippen LogP contribution in [0.25, 0.3) is 0 Å². The minimum absolute atomic E-state index is 0.0349. The number of pyridine rings is 1. The van der Waals surface area contributed by atoms with Crippen molar-refractivity contribution < 1.29 is 23.2 Å². The van der Waals surface area contributed by atoms with Gasteiger partial charge in [0.25, 0.3) is 11.8 Å². The van der Waals surface area contributed by atoms with Gasteiger partial charge in [0.1, 0.15) is 18.0 Å². The molecule has 1 aliphatic carbocycles. The van der Waals surface area contributed by atoms with E-state index in [4.69, 9.17) is 14.0 Å². The Balaban J connectivity index is 1.50. The Kier molecular flexibility index (Phi) is 4.12. The summed E-state index contributed by atoms with van der Waals surface area (Å²) in [5, 5.41) is 3.81. The van der Waals surface area contributed by atoms with Crippen LogP contribution in [-0.2, 0) is 4.74 Å². The molecule has 1 saturated heterocycles. The molecular weight excluding hydrogens is 329 g/mol. The van der Waals surface area contributed by atoms with Gasteiger partial charge >= 0.3 is 0 Å². The molecule has 2 aliphatic rings. The highest BCUT2D eigenvalue weighted by Crippen LogP contribution is 2.33. The molecule has 0 radical (unpaired) electrons. The zero-order valence-corrected chi connectivity index (χ0v) is 13.7. The third-order valence-corrected chi connectivity index (χ3v) is 4.63. The van der Waals surface area contributed by atoms with Crippen LogP contribution in [0, 0.1) is 12.7 Å². The molecule has 3 atom stereocenters. The molecule has 2 fully saturated rings. The van der Waals surface area contributed by atoms with Crippen LogP contribution in [-0.4, -0.2) is 52.3 Å². The minimum atomic E-state index is -0.507. The third kappa shape index (κ3) is 2.97. The quantitative estimate of drug-likeness (QED) is 0.845. The van der Waals surface area contributed by atoms with Crippen LogP contribution in [0.2, 0.25) is 0 Å². The summed E-state index contributed by atoms with van der Waals surface area (Å²) >= 11 is 0. The lowest BCUT2D eigenvalue weighted by Gasteiger charge is -2.38. The Bertz CT molecular complexity index is 781. The van der Waals surface area contributed by atoms with Crippen molar-refractivity contribution in [2.24, 2.45) is 0 Å². The van der Waals surface area contributed by atoms with Gasteiger partial charge in [-0.3, -0.25) is 4.79 Å². The van der Waals surface area contributed by atoms with Crippen LogP contribution < -0.4 is 4.74 Å². The zero-order chi connectivity index (χ0) is 17.4. The van der Waals surface area contributed by atoms with E-state index in [1.807, 2.05) is 0 Å². The number of amides is 1. The predicted molar refractivity (Wildman–Crippen MR) is 83.6 cm³/mol. The number of hydrogen-bond donors (Lipinski definition) is 0. The molecule has 132 valence electrons. The van der Waals surface area contributed by atoms with E-state index in [9.17, 15) is 9.18 Å². The fraction of sp³-hybridized carbons (Fsp3) is 0.471. The first-order valence-corrected chi connectivity index (χ1v) is 8.26. The van der Waals surface area contributed by atoms with Gasteiger partial charge < -0.3 is 18.9 Å². The molecule has 0 unspecified atom stereocenters. The summed E-state index contributed by atoms with van der Waals surface area (Å²) in [5.41, 5.74) is 0.290. The smallest absolute Gasteiger partial charge is 0.276 e. The number of carbonyl (C=O) groups excluding carboxylic acids is 1. The van der Waals surface area contributed by atoms with Gasteiger partial charge in [-0.1, -0.05) is 5.16 Å². The van der Waals surface area contributed by atoms with Crippen molar-refractivity contribution in [1.29, 1.82) is 0 Å². The highest BCUT2D eigenvalue weighted by atomic mass is 19.1. The van der Waals surface area contributed by atoms with Crippen molar-refractivity contribution in [3.05, 3.63) is 41.7 Å². The highest BCUT2D eigenvalue weighted by molar-refractivity contribution is 5.92. The van der Waals surface area contributed by atoms with Crippen molar-refractivity contribution in [3.8, 4) is 5.88 Å². The van der Waals surface area contributed by atoms with Crippen molar-refractivity contribution >= 4 is 5.91 Å². The molecule has 2 aromatic heterocycles. The second kappa shape index (κ2) is 6.44. The lowest BCUT2D eigenvalue weighted by Crippen LogP contribution is -2.54. The van der Waals surface area contributed by atoms with Gasteiger partial charge in [0.15, 0.2) is 11.5 Å². The van der Waals surface area contributed by atoms with Gasteiger partial charge in [0.2, 0.25) is 0 Å². The Morgan fingerprint density at radius 2 is 2.32 bits per heavy atom. The number of aromatic nitrogens is 2. The summed E-state index contributed by atoms with van der Waals surface area (Å²) in [5.74, 6) is -0.133. The molecular formula is C17H18FN3O4. The molecule has 0 aromatic carbocycles. The molecule has 1 aliphatic heterocycles. The van der Waals surface area contributed by atoms with E-state index in [-0.39, 0.29) is 30.0 Å². The number of rotatable bonds is 3. The molecule has 1 saturated carbocycles. The Morgan fingerprint density at radius 3 is 3.08 bits per heavy atom. The van der Waals surface area contributed by atoms with Gasteiger partial charge in [-0.15, -0.1) is 0 Å². The molecule has 1 amide bonds. The van der Waals surface area contributed by atoms with Crippen molar-refractivity contribution in [2.75, 3.05) is 13.2 Å². The van der Waals surface area contributed by atoms with E-state index in [0.717, 1.165) is 0 Å². The van der Waals surface area contributed by atoms with Gasteiger partial charge in [-0.2, -0.15) is 0 Å². The molecule has 7 nitrogen and oxygen atoms in total. The SMILES string of the molecule is Cc1cc(C(=O)N2CCO[C@H]3[C@H](Oc4ncccc4F)CC[C@@H]32)no1. The first kappa shape index (κ1) is 16.0. The number of carbonyl (C=O) groups is 1. The summed E-state index contributed by atoms with van der Waals surface area (Å²) in [4.78, 5) is 18.4. The zero-order valence-electron chi connectivity index (χ0n) is 13.7.